The van der Waals surface area contributed by atoms with E-state index in [1.165, 1.54) is 0 Å². The molecule has 0 atom stereocenters. The molecule has 3 nitrogen and oxygen atoms in total. The zero-order valence-electron chi connectivity index (χ0n) is 25.5. The first-order valence-corrected chi connectivity index (χ1v) is 12.8. The molecule has 0 aliphatic rings. The van der Waals surface area contributed by atoms with Gasteiger partial charge in [0.25, 0.3) is 0 Å². The summed E-state index contributed by atoms with van der Waals surface area (Å²) in [6.45, 7) is 0. The highest BCUT2D eigenvalue weighted by atomic mass is 35.5. The van der Waals surface area contributed by atoms with E-state index < -0.39 is 6.04 Å². The Morgan fingerprint density at radius 2 is 1.00 bits per heavy atom. The number of hydrogen-bond acceptors (Lipinski definition) is 3. The van der Waals surface area contributed by atoms with Gasteiger partial charge in [0.15, 0.2) is 11.6 Å². The van der Waals surface area contributed by atoms with E-state index in [1.807, 2.05) is 91.0 Å². The zero-order chi connectivity index (χ0) is 30.5. The average molecular weight is 525 g/mol. The van der Waals surface area contributed by atoms with Crippen molar-refractivity contribution in [2.24, 2.45) is 0 Å². The first-order chi connectivity index (χ1) is 21.3. The average Bonchev–Trinajstić information content (AvgIpc) is 3.06. The molecule has 0 fully saturated rings. The van der Waals surface area contributed by atoms with Gasteiger partial charge >= 0.3 is 0 Å². The third-order valence-electron chi connectivity index (χ3n) is 6.72. The predicted octanol–water partition coefficient (Wildman–Crippen LogP) is 9.50. The van der Waals surface area contributed by atoms with E-state index in [-0.39, 0.29) is 35.0 Å². The van der Waals surface area contributed by atoms with Crippen LogP contribution in [0, 0.1) is 0 Å². The van der Waals surface area contributed by atoms with Gasteiger partial charge in [0.2, 0.25) is 5.28 Å². The lowest BCUT2D eigenvalue weighted by Crippen LogP contribution is -1.98. The molecule has 6 aromatic carbocycles. The molecule has 0 spiro atoms. The minimum absolute atomic E-state index is 0.0418. The SMILES string of the molecule is [2H]c1c([2H])c([2H])c(-c2ccc(-c3nc(Cl)nc(-c4ccc5ccccc5c4)n3)cc2-c2ccc3ccccc3c2)c([2H])c1[2H]. The molecule has 1 aromatic heterocycles. The molecular weight excluding hydrogens is 498 g/mol. The number of hydrogen-bond donors (Lipinski definition) is 0. The molecule has 0 aliphatic heterocycles. The third kappa shape index (κ3) is 4.54. The van der Waals surface area contributed by atoms with Gasteiger partial charge in [-0.3, -0.25) is 0 Å². The van der Waals surface area contributed by atoms with Crippen molar-refractivity contribution in [3.63, 3.8) is 0 Å². The van der Waals surface area contributed by atoms with Gasteiger partial charge in [-0.2, -0.15) is 9.97 Å². The molecule has 0 N–H and O–H groups in total. The minimum atomic E-state index is -0.436. The fourth-order valence-electron chi connectivity index (χ4n) is 4.82. The normalized spacial score (nSPS) is 13.0. The van der Waals surface area contributed by atoms with E-state index in [4.69, 9.17) is 23.4 Å². The fourth-order valence-corrected chi connectivity index (χ4v) is 4.98. The van der Waals surface area contributed by atoms with Crippen LogP contribution in [0.4, 0.5) is 0 Å². The van der Waals surface area contributed by atoms with E-state index >= 15 is 0 Å². The van der Waals surface area contributed by atoms with Crippen molar-refractivity contribution in [1.29, 1.82) is 0 Å². The second-order valence-corrected chi connectivity index (χ2v) is 9.47. The largest absolute Gasteiger partial charge is 0.226 e. The quantitative estimate of drug-likeness (QED) is 0.230. The third-order valence-corrected chi connectivity index (χ3v) is 6.89. The maximum Gasteiger partial charge on any atom is 0.226 e. The standard InChI is InChI=1S/C35H22ClN3/c36-35-38-33(29-17-15-24-9-5-7-13-27(24)21-29)37-34(39-35)30-18-19-31(25-10-2-1-3-11-25)32(22-30)28-16-14-23-8-4-6-12-26(23)20-28/h1-22H/i1D,2D,3D,10D,11D. The molecule has 0 bridgehead atoms. The van der Waals surface area contributed by atoms with Gasteiger partial charge in [0.1, 0.15) is 0 Å². The summed E-state index contributed by atoms with van der Waals surface area (Å²) in [7, 11) is 0. The first kappa shape index (κ1) is 18.4. The van der Waals surface area contributed by atoms with E-state index in [0.717, 1.165) is 32.7 Å². The van der Waals surface area contributed by atoms with Gasteiger partial charge in [0.05, 0.1) is 6.85 Å². The summed E-state index contributed by atoms with van der Waals surface area (Å²) in [6.07, 6.45) is 0. The molecule has 39 heavy (non-hydrogen) atoms. The molecule has 0 unspecified atom stereocenters. The Bertz CT molecular complexity index is 2240. The molecule has 7 aromatic rings. The molecular formula is C35H22ClN3. The zero-order valence-corrected chi connectivity index (χ0v) is 21.3. The van der Waals surface area contributed by atoms with Gasteiger partial charge in [-0.25, -0.2) is 4.98 Å². The summed E-state index contributed by atoms with van der Waals surface area (Å²) >= 11 is 6.44. The Labute approximate surface area is 238 Å². The molecule has 1 heterocycles. The van der Waals surface area contributed by atoms with Gasteiger partial charge in [-0.05, 0) is 73.6 Å². The van der Waals surface area contributed by atoms with E-state index in [9.17, 15) is 0 Å². The Morgan fingerprint density at radius 1 is 0.462 bits per heavy atom. The molecule has 0 amide bonds. The van der Waals surface area contributed by atoms with Crippen LogP contribution < -0.4 is 0 Å². The molecule has 0 saturated carbocycles. The van der Waals surface area contributed by atoms with Crippen LogP contribution in [0.1, 0.15) is 6.85 Å². The number of aromatic nitrogens is 3. The lowest BCUT2D eigenvalue weighted by molar-refractivity contribution is 1.07. The summed E-state index contributed by atoms with van der Waals surface area (Å²) < 4.78 is 42.0. The van der Waals surface area contributed by atoms with Gasteiger partial charge in [-0.1, -0.05) is 115 Å². The number of fused-ring (bicyclic) bond motifs is 2. The number of halogens is 1. The summed E-state index contributed by atoms with van der Waals surface area (Å²) in [5.41, 5.74) is 3.51. The van der Waals surface area contributed by atoms with Crippen LogP contribution >= 0.6 is 11.6 Å². The second kappa shape index (κ2) is 9.79. The Kier molecular flexibility index (Phi) is 4.62. The van der Waals surface area contributed by atoms with Gasteiger partial charge in [0, 0.05) is 11.1 Å². The molecule has 184 valence electrons. The molecule has 7 rings (SSSR count). The Morgan fingerprint density at radius 3 is 1.67 bits per heavy atom. The van der Waals surface area contributed by atoms with Crippen molar-refractivity contribution >= 4 is 33.1 Å². The van der Waals surface area contributed by atoms with Crippen LogP contribution in [-0.2, 0) is 0 Å². The lowest BCUT2D eigenvalue weighted by Gasteiger charge is -2.14. The van der Waals surface area contributed by atoms with Gasteiger partial charge in [-0.15, -0.1) is 0 Å². The summed E-state index contributed by atoms with van der Waals surface area (Å²) in [5, 5.41) is 4.25. The topological polar surface area (TPSA) is 38.7 Å². The van der Waals surface area contributed by atoms with Crippen molar-refractivity contribution in [3.05, 3.63) is 139 Å². The smallest absolute Gasteiger partial charge is 0.208 e. The van der Waals surface area contributed by atoms with Crippen LogP contribution in [0.2, 0.25) is 5.28 Å². The van der Waals surface area contributed by atoms with E-state index in [0.29, 0.717) is 28.3 Å². The van der Waals surface area contributed by atoms with Crippen LogP contribution in [0.3, 0.4) is 0 Å². The van der Waals surface area contributed by atoms with Gasteiger partial charge < -0.3 is 0 Å². The van der Waals surface area contributed by atoms with Crippen molar-refractivity contribution in [1.82, 2.24) is 15.0 Å². The van der Waals surface area contributed by atoms with E-state index in [2.05, 4.69) is 9.97 Å². The highest BCUT2D eigenvalue weighted by Gasteiger charge is 2.14. The van der Waals surface area contributed by atoms with Crippen LogP contribution in [0.15, 0.2) is 133 Å². The van der Waals surface area contributed by atoms with Crippen molar-refractivity contribution < 1.29 is 6.85 Å². The summed E-state index contributed by atoms with van der Waals surface area (Å²) in [5.74, 6) is 0.774. The maximum atomic E-state index is 8.67. The summed E-state index contributed by atoms with van der Waals surface area (Å²) in [6, 6.07) is 31.6. The maximum absolute atomic E-state index is 8.67. The van der Waals surface area contributed by atoms with Crippen molar-refractivity contribution in [2.45, 2.75) is 0 Å². The number of nitrogens with zero attached hydrogens (tertiary/aromatic N) is 3. The summed E-state index contributed by atoms with van der Waals surface area (Å²) in [4.78, 5) is 13.6. The molecule has 0 radical (unpaired) electrons. The first-order valence-electron chi connectivity index (χ1n) is 14.9. The van der Waals surface area contributed by atoms with Crippen LogP contribution in [-0.4, -0.2) is 15.0 Å². The fraction of sp³-hybridized carbons (Fsp3) is 0. The van der Waals surface area contributed by atoms with Crippen LogP contribution in [0.5, 0.6) is 0 Å². The highest BCUT2D eigenvalue weighted by molar-refractivity contribution is 6.28. The minimum Gasteiger partial charge on any atom is -0.208 e. The van der Waals surface area contributed by atoms with Crippen molar-refractivity contribution in [3.8, 4) is 45.0 Å². The highest BCUT2D eigenvalue weighted by Crippen LogP contribution is 2.37. The number of benzene rings is 6. The van der Waals surface area contributed by atoms with E-state index in [1.54, 1.807) is 12.1 Å². The monoisotopic (exact) mass is 524 g/mol. The Hall–Kier alpha value is -4.86. The van der Waals surface area contributed by atoms with Crippen molar-refractivity contribution in [2.75, 3.05) is 0 Å². The molecule has 0 aliphatic carbocycles. The molecule has 4 heteroatoms. The van der Waals surface area contributed by atoms with Crippen LogP contribution in [0.25, 0.3) is 66.6 Å². The lowest BCUT2D eigenvalue weighted by atomic mass is 9.91. The Balaban J connectivity index is 1.44. The number of rotatable bonds is 4. The molecule has 0 saturated heterocycles. The predicted molar refractivity (Wildman–Crippen MR) is 162 cm³/mol. The second-order valence-electron chi connectivity index (χ2n) is 9.14.